The van der Waals surface area contributed by atoms with Gasteiger partial charge in [0.15, 0.2) is 0 Å². The predicted octanol–water partition coefficient (Wildman–Crippen LogP) is 4.33. The van der Waals surface area contributed by atoms with E-state index in [-0.39, 0.29) is 11.7 Å². The third-order valence-electron chi connectivity index (χ3n) is 4.31. The zero-order valence-corrected chi connectivity index (χ0v) is 16.4. The van der Waals surface area contributed by atoms with Crippen LogP contribution in [0.3, 0.4) is 0 Å². The zero-order chi connectivity index (χ0) is 19.4. The van der Waals surface area contributed by atoms with E-state index >= 15 is 0 Å². The quantitative estimate of drug-likeness (QED) is 0.688. The normalized spacial score (nSPS) is 10.7. The third kappa shape index (κ3) is 4.11. The molecule has 0 saturated heterocycles. The lowest BCUT2D eigenvalue weighted by Gasteiger charge is -2.21. The van der Waals surface area contributed by atoms with E-state index in [0.717, 1.165) is 18.8 Å². The van der Waals surface area contributed by atoms with Gasteiger partial charge < -0.3 is 10.2 Å². The van der Waals surface area contributed by atoms with Gasteiger partial charge in [-0.05, 0) is 57.2 Å². The number of halogens is 1. The summed E-state index contributed by atoms with van der Waals surface area (Å²) in [4.78, 5) is 19.0. The van der Waals surface area contributed by atoms with Crippen LogP contribution in [0.15, 0.2) is 48.5 Å². The van der Waals surface area contributed by atoms with Gasteiger partial charge in [-0.25, -0.2) is 9.67 Å². The van der Waals surface area contributed by atoms with Gasteiger partial charge >= 0.3 is 0 Å². The van der Waals surface area contributed by atoms with Crippen LogP contribution >= 0.6 is 11.6 Å². The van der Waals surface area contributed by atoms with E-state index < -0.39 is 0 Å². The molecule has 3 aromatic rings. The lowest BCUT2D eigenvalue weighted by molar-refractivity contribution is 0.101. The Hall–Kier alpha value is -2.86. The number of aryl methyl sites for hydroxylation is 1. The Balaban J connectivity index is 1.77. The summed E-state index contributed by atoms with van der Waals surface area (Å²) in [6, 6.07) is 15.0. The molecule has 140 valence electrons. The number of hydrogen-bond acceptors (Lipinski definition) is 4. The number of aromatic nitrogens is 3. The average Bonchev–Trinajstić information content (AvgIpc) is 3.06. The molecule has 0 aliphatic rings. The SMILES string of the molecule is CCN(CC)c1ccc(NC(=O)c2nc(C)n(-c3ccccc3Cl)n2)cc1. The van der Waals surface area contributed by atoms with Crippen molar-refractivity contribution in [3.63, 3.8) is 0 Å². The Morgan fingerprint density at radius 3 is 2.41 bits per heavy atom. The molecular weight excluding hydrogens is 362 g/mol. The lowest BCUT2D eigenvalue weighted by Crippen LogP contribution is -2.21. The minimum atomic E-state index is -0.362. The topological polar surface area (TPSA) is 63.1 Å². The van der Waals surface area contributed by atoms with Gasteiger partial charge in [0.2, 0.25) is 5.82 Å². The van der Waals surface area contributed by atoms with Crippen LogP contribution in [0.25, 0.3) is 5.69 Å². The maximum absolute atomic E-state index is 12.5. The number of hydrogen-bond donors (Lipinski definition) is 1. The minimum absolute atomic E-state index is 0.0974. The molecule has 0 aliphatic heterocycles. The van der Waals surface area contributed by atoms with Crippen LogP contribution < -0.4 is 10.2 Å². The van der Waals surface area contributed by atoms with Gasteiger partial charge in [-0.2, -0.15) is 0 Å². The number of benzene rings is 2. The highest BCUT2D eigenvalue weighted by Gasteiger charge is 2.16. The first-order chi connectivity index (χ1) is 13.0. The summed E-state index contributed by atoms with van der Waals surface area (Å²) < 4.78 is 1.57. The summed E-state index contributed by atoms with van der Waals surface area (Å²) in [5.74, 6) is 0.324. The molecule has 0 bridgehead atoms. The first-order valence-corrected chi connectivity index (χ1v) is 9.26. The van der Waals surface area contributed by atoms with Crippen molar-refractivity contribution < 1.29 is 4.79 Å². The Kier molecular flexibility index (Phi) is 5.76. The standard InChI is InChI=1S/C20H22ClN5O/c1-4-25(5-2)16-12-10-15(11-13-16)23-20(27)19-22-14(3)26(24-19)18-9-7-6-8-17(18)21/h6-13H,4-5H2,1-3H3,(H,23,27). The molecule has 6 nitrogen and oxygen atoms in total. The smallest absolute Gasteiger partial charge is 0.295 e. The maximum Gasteiger partial charge on any atom is 0.295 e. The van der Waals surface area contributed by atoms with Crippen molar-refractivity contribution in [1.82, 2.24) is 14.8 Å². The van der Waals surface area contributed by atoms with Crippen molar-refractivity contribution in [2.75, 3.05) is 23.3 Å². The molecule has 7 heteroatoms. The number of nitrogens with zero attached hydrogens (tertiary/aromatic N) is 4. The van der Waals surface area contributed by atoms with Crippen molar-refractivity contribution in [1.29, 1.82) is 0 Å². The number of nitrogens with one attached hydrogen (secondary N) is 1. The van der Waals surface area contributed by atoms with Crippen molar-refractivity contribution in [2.24, 2.45) is 0 Å². The molecule has 0 radical (unpaired) electrons. The molecule has 0 aliphatic carbocycles. The summed E-state index contributed by atoms with van der Waals surface area (Å²) >= 11 is 6.22. The maximum atomic E-state index is 12.5. The fourth-order valence-corrected chi connectivity index (χ4v) is 3.09. The molecule has 3 rings (SSSR count). The van der Waals surface area contributed by atoms with Crippen LogP contribution in [0, 0.1) is 6.92 Å². The Morgan fingerprint density at radius 1 is 1.11 bits per heavy atom. The molecule has 0 fully saturated rings. The highest BCUT2D eigenvalue weighted by molar-refractivity contribution is 6.32. The van der Waals surface area contributed by atoms with Gasteiger partial charge in [-0.1, -0.05) is 23.7 Å². The van der Waals surface area contributed by atoms with Gasteiger partial charge in [0, 0.05) is 24.5 Å². The second kappa shape index (κ2) is 8.22. The predicted molar refractivity (Wildman–Crippen MR) is 109 cm³/mol. The summed E-state index contributed by atoms with van der Waals surface area (Å²) in [5, 5.41) is 7.69. The number of rotatable bonds is 6. The van der Waals surface area contributed by atoms with Gasteiger partial charge in [-0.15, -0.1) is 5.10 Å². The number of carbonyl (C=O) groups is 1. The van der Waals surface area contributed by atoms with E-state index in [0.29, 0.717) is 22.2 Å². The van der Waals surface area contributed by atoms with E-state index in [1.54, 1.807) is 17.7 Å². The van der Waals surface area contributed by atoms with Crippen molar-refractivity contribution in [2.45, 2.75) is 20.8 Å². The van der Waals surface area contributed by atoms with Crippen LogP contribution in [-0.2, 0) is 0 Å². The third-order valence-corrected chi connectivity index (χ3v) is 4.63. The Morgan fingerprint density at radius 2 is 1.78 bits per heavy atom. The molecule has 1 N–H and O–H groups in total. The first kappa shape index (κ1) is 18.9. The second-order valence-electron chi connectivity index (χ2n) is 6.02. The molecule has 0 atom stereocenters. The van der Waals surface area contributed by atoms with Crippen molar-refractivity contribution in [3.8, 4) is 5.69 Å². The van der Waals surface area contributed by atoms with E-state index in [1.807, 2.05) is 42.5 Å². The lowest BCUT2D eigenvalue weighted by atomic mass is 10.2. The molecule has 27 heavy (non-hydrogen) atoms. The van der Waals surface area contributed by atoms with Crippen LogP contribution in [-0.4, -0.2) is 33.8 Å². The molecule has 1 aromatic heterocycles. The summed E-state index contributed by atoms with van der Waals surface area (Å²) in [5.41, 5.74) is 2.50. The highest BCUT2D eigenvalue weighted by atomic mass is 35.5. The summed E-state index contributed by atoms with van der Waals surface area (Å²) in [6.45, 7) is 7.88. The molecule has 1 amide bonds. The number of amides is 1. The Labute approximate surface area is 163 Å². The molecule has 0 spiro atoms. The largest absolute Gasteiger partial charge is 0.372 e. The molecule has 1 heterocycles. The van der Waals surface area contributed by atoms with Crippen LogP contribution in [0.1, 0.15) is 30.3 Å². The second-order valence-corrected chi connectivity index (χ2v) is 6.43. The fourth-order valence-electron chi connectivity index (χ4n) is 2.87. The van der Waals surface area contributed by atoms with Crippen molar-refractivity contribution >= 4 is 28.9 Å². The highest BCUT2D eigenvalue weighted by Crippen LogP contribution is 2.21. The van der Waals surface area contributed by atoms with Gasteiger partial charge in [0.05, 0.1) is 10.7 Å². The molecule has 0 saturated carbocycles. The minimum Gasteiger partial charge on any atom is -0.372 e. The van der Waals surface area contributed by atoms with E-state index in [4.69, 9.17) is 11.6 Å². The molecular formula is C20H22ClN5O. The Bertz CT molecular complexity index is 932. The monoisotopic (exact) mass is 383 g/mol. The summed E-state index contributed by atoms with van der Waals surface area (Å²) in [6.07, 6.45) is 0. The van der Waals surface area contributed by atoms with Gasteiger partial charge in [0.1, 0.15) is 5.82 Å². The van der Waals surface area contributed by atoms with Crippen LogP contribution in [0.5, 0.6) is 0 Å². The molecule has 2 aromatic carbocycles. The average molecular weight is 384 g/mol. The zero-order valence-electron chi connectivity index (χ0n) is 15.6. The van der Waals surface area contributed by atoms with E-state index in [1.165, 1.54) is 0 Å². The van der Waals surface area contributed by atoms with Gasteiger partial charge in [-0.3, -0.25) is 4.79 Å². The van der Waals surface area contributed by atoms with Crippen LogP contribution in [0.4, 0.5) is 11.4 Å². The van der Waals surface area contributed by atoms with E-state index in [2.05, 4.69) is 34.1 Å². The van der Waals surface area contributed by atoms with Gasteiger partial charge in [0.25, 0.3) is 5.91 Å². The van der Waals surface area contributed by atoms with Crippen molar-refractivity contribution in [3.05, 3.63) is 65.2 Å². The first-order valence-electron chi connectivity index (χ1n) is 8.88. The number of para-hydroxylation sites is 1. The van der Waals surface area contributed by atoms with Crippen LogP contribution in [0.2, 0.25) is 5.02 Å². The van der Waals surface area contributed by atoms with E-state index in [9.17, 15) is 4.79 Å². The molecule has 0 unspecified atom stereocenters. The number of anilines is 2. The summed E-state index contributed by atoms with van der Waals surface area (Å²) in [7, 11) is 0. The number of carbonyl (C=O) groups excluding carboxylic acids is 1. The fraction of sp³-hybridized carbons (Fsp3) is 0.250.